The Labute approximate surface area is 189 Å². The van der Waals surface area contributed by atoms with Crippen LogP contribution >= 0.6 is 0 Å². The third kappa shape index (κ3) is 6.58. The maximum atomic E-state index is 12.5. The topological polar surface area (TPSA) is 61.8 Å². The Morgan fingerprint density at radius 3 is 2.31 bits per heavy atom. The smallest absolute Gasteiger partial charge is 0.343 e. The van der Waals surface area contributed by atoms with Gasteiger partial charge in [-0.05, 0) is 80.1 Å². The van der Waals surface area contributed by atoms with E-state index in [2.05, 4.69) is 24.7 Å². The molecule has 5 nitrogen and oxygen atoms in total. The van der Waals surface area contributed by atoms with Gasteiger partial charge in [0.25, 0.3) is 0 Å². The van der Waals surface area contributed by atoms with Gasteiger partial charge in [-0.15, -0.1) is 0 Å². The number of esters is 2. The van der Waals surface area contributed by atoms with Crippen LogP contribution < -0.4 is 9.47 Å². The van der Waals surface area contributed by atoms with Crippen LogP contribution in [-0.4, -0.2) is 25.2 Å². The number of ether oxygens (including phenoxy) is 3. The summed E-state index contributed by atoms with van der Waals surface area (Å²) in [4.78, 5) is 23.6. The van der Waals surface area contributed by atoms with Crippen molar-refractivity contribution in [1.29, 1.82) is 0 Å². The molecule has 2 aromatic rings. The van der Waals surface area contributed by atoms with E-state index >= 15 is 0 Å². The minimum Gasteiger partial charge on any atom is -0.490 e. The van der Waals surface area contributed by atoms with Crippen molar-refractivity contribution >= 4 is 18.0 Å². The standard InChI is InChI=1S/C27H30O5/c1-4-21-18-25(7-5-6-19(21)2)31-23-15-11-22(12-16-23)27(29)32-24-13-8-20(9-14-24)10-17-26(28)30-3/h4,8-17,19,25H,5-7,18H2,1-3H3/b17-10+,21-4?. The van der Waals surface area contributed by atoms with Crippen LogP contribution in [0.4, 0.5) is 0 Å². The van der Waals surface area contributed by atoms with Crippen LogP contribution in [0.15, 0.2) is 66.3 Å². The molecule has 168 valence electrons. The average molecular weight is 435 g/mol. The summed E-state index contributed by atoms with van der Waals surface area (Å²) in [6.45, 7) is 4.38. The van der Waals surface area contributed by atoms with Crippen LogP contribution in [0.3, 0.4) is 0 Å². The highest BCUT2D eigenvalue weighted by Gasteiger charge is 2.21. The number of rotatable bonds is 6. The fourth-order valence-corrected chi connectivity index (χ4v) is 3.81. The zero-order valence-corrected chi connectivity index (χ0v) is 18.9. The van der Waals surface area contributed by atoms with Crippen molar-refractivity contribution in [3.8, 4) is 11.5 Å². The average Bonchev–Trinajstić information content (AvgIpc) is 2.99. The number of allylic oxidation sites excluding steroid dienone is 1. The number of carbonyl (C=O) groups excluding carboxylic acids is 2. The number of methoxy groups -OCH3 is 1. The molecule has 32 heavy (non-hydrogen) atoms. The summed E-state index contributed by atoms with van der Waals surface area (Å²) < 4.78 is 16.2. The van der Waals surface area contributed by atoms with Crippen LogP contribution in [0, 0.1) is 5.92 Å². The first-order valence-corrected chi connectivity index (χ1v) is 11.0. The van der Waals surface area contributed by atoms with Crippen molar-refractivity contribution in [3.63, 3.8) is 0 Å². The van der Waals surface area contributed by atoms with E-state index in [0.29, 0.717) is 17.2 Å². The Hall–Kier alpha value is -3.34. The summed E-state index contributed by atoms with van der Waals surface area (Å²) in [5.74, 6) is 0.941. The van der Waals surface area contributed by atoms with Crippen LogP contribution in [0.2, 0.25) is 0 Å². The first-order chi connectivity index (χ1) is 15.5. The molecule has 0 amide bonds. The van der Waals surface area contributed by atoms with Gasteiger partial charge in [0, 0.05) is 12.5 Å². The second-order valence-electron chi connectivity index (χ2n) is 7.98. The fraction of sp³-hybridized carbons (Fsp3) is 0.333. The quantitative estimate of drug-likeness (QED) is 0.184. The number of hydrogen-bond acceptors (Lipinski definition) is 5. The molecule has 0 aliphatic heterocycles. The van der Waals surface area contributed by atoms with Crippen molar-refractivity contribution < 1.29 is 23.8 Å². The number of benzene rings is 2. The molecular formula is C27H30O5. The maximum Gasteiger partial charge on any atom is 0.343 e. The third-order valence-corrected chi connectivity index (χ3v) is 5.73. The highest BCUT2D eigenvalue weighted by atomic mass is 16.5. The van der Waals surface area contributed by atoms with E-state index in [4.69, 9.17) is 9.47 Å². The van der Waals surface area contributed by atoms with Gasteiger partial charge < -0.3 is 14.2 Å². The molecule has 3 rings (SSSR count). The largest absolute Gasteiger partial charge is 0.490 e. The molecule has 5 heteroatoms. The van der Waals surface area contributed by atoms with Crippen molar-refractivity contribution in [2.24, 2.45) is 5.92 Å². The monoisotopic (exact) mass is 434 g/mol. The Bertz CT molecular complexity index is 970. The fourth-order valence-electron chi connectivity index (χ4n) is 3.81. The van der Waals surface area contributed by atoms with Gasteiger partial charge in [0.1, 0.15) is 17.6 Å². The predicted molar refractivity (Wildman–Crippen MR) is 125 cm³/mol. The molecule has 0 heterocycles. The van der Waals surface area contributed by atoms with E-state index in [1.807, 2.05) is 12.1 Å². The first kappa shape index (κ1) is 23.3. The predicted octanol–water partition coefficient (Wildman–Crippen LogP) is 6.00. The Balaban J connectivity index is 1.57. The second kappa shape index (κ2) is 11.3. The minimum atomic E-state index is -0.436. The Kier molecular flexibility index (Phi) is 8.26. The zero-order valence-electron chi connectivity index (χ0n) is 18.9. The van der Waals surface area contributed by atoms with Gasteiger partial charge in [0.15, 0.2) is 0 Å². The zero-order chi connectivity index (χ0) is 22.9. The highest BCUT2D eigenvalue weighted by molar-refractivity contribution is 5.91. The van der Waals surface area contributed by atoms with E-state index in [9.17, 15) is 9.59 Å². The molecule has 2 aromatic carbocycles. The molecule has 0 radical (unpaired) electrons. The SMILES string of the molecule is CC=C1CC(Oc2ccc(C(=O)Oc3ccc(/C=C/C(=O)OC)cc3)cc2)CCCC1C. The van der Waals surface area contributed by atoms with E-state index in [1.54, 1.807) is 42.5 Å². The highest BCUT2D eigenvalue weighted by Crippen LogP contribution is 2.30. The third-order valence-electron chi connectivity index (χ3n) is 5.73. The molecule has 0 bridgehead atoms. The van der Waals surface area contributed by atoms with Gasteiger partial charge in [-0.2, -0.15) is 0 Å². The van der Waals surface area contributed by atoms with Gasteiger partial charge in [0.2, 0.25) is 0 Å². The normalized spacial score (nSPS) is 20.0. The van der Waals surface area contributed by atoms with Gasteiger partial charge in [0.05, 0.1) is 12.7 Å². The molecule has 1 saturated carbocycles. The lowest BCUT2D eigenvalue weighted by molar-refractivity contribution is -0.134. The summed E-state index contributed by atoms with van der Waals surface area (Å²) >= 11 is 0. The second-order valence-corrected chi connectivity index (χ2v) is 7.98. The van der Waals surface area contributed by atoms with Crippen LogP contribution in [0.1, 0.15) is 55.5 Å². The summed E-state index contributed by atoms with van der Waals surface area (Å²) in [6, 6.07) is 14.0. The van der Waals surface area contributed by atoms with E-state index in [0.717, 1.165) is 30.6 Å². The van der Waals surface area contributed by atoms with Crippen LogP contribution in [0.5, 0.6) is 11.5 Å². The number of carbonyl (C=O) groups is 2. The molecule has 1 aliphatic rings. The maximum absolute atomic E-state index is 12.5. The van der Waals surface area contributed by atoms with E-state index < -0.39 is 11.9 Å². The molecular weight excluding hydrogens is 404 g/mol. The number of hydrogen-bond donors (Lipinski definition) is 0. The molecule has 2 atom stereocenters. The van der Waals surface area contributed by atoms with Crippen LogP contribution in [0.25, 0.3) is 6.08 Å². The van der Waals surface area contributed by atoms with Crippen molar-refractivity contribution in [2.45, 2.75) is 45.6 Å². The Morgan fingerprint density at radius 1 is 0.969 bits per heavy atom. The van der Waals surface area contributed by atoms with Gasteiger partial charge in [-0.25, -0.2) is 9.59 Å². The lowest BCUT2D eigenvalue weighted by atomic mass is 9.96. The van der Waals surface area contributed by atoms with Crippen molar-refractivity contribution in [2.75, 3.05) is 7.11 Å². The summed E-state index contributed by atoms with van der Waals surface area (Å²) in [5, 5.41) is 0. The summed E-state index contributed by atoms with van der Waals surface area (Å²) in [6.07, 6.45) is 9.69. The van der Waals surface area contributed by atoms with E-state index in [-0.39, 0.29) is 6.10 Å². The lowest BCUT2D eigenvalue weighted by Crippen LogP contribution is -2.16. The molecule has 1 fully saturated rings. The molecule has 0 spiro atoms. The summed E-state index contributed by atoms with van der Waals surface area (Å²) in [7, 11) is 1.32. The molecule has 2 unspecified atom stereocenters. The lowest BCUT2D eigenvalue weighted by Gasteiger charge is -2.19. The molecule has 0 saturated heterocycles. The Morgan fingerprint density at radius 2 is 1.66 bits per heavy atom. The molecule has 0 N–H and O–H groups in total. The molecule has 0 aromatic heterocycles. The van der Waals surface area contributed by atoms with Gasteiger partial charge in [-0.1, -0.05) is 30.7 Å². The first-order valence-electron chi connectivity index (χ1n) is 11.0. The molecule has 1 aliphatic carbocycles. The van der Waals surface area contributed by atoms with Gasteiger partial charge in [-0.3, -0.25) is 0 Å². The van der Waals surface area contributed by atoms with Crippen molar-refractivity contribution in [1.82, 2.24) is 0 Å². The van der Waals surface area contributed by atoms with E-state index in [1.165, 1.54) is 25.2 Å². The van der Waals surface area contributed by atoms with Gasteiger partial charge >= 0.3 is 11.9 Å². The van der Waals surface area contributed by atoms with Crippen LogP contribution in [-0.2, 0) is 9.53 Å². The van der Waals surface area contributed by atoms with Crippen molar-refractivity contribution in [3.05, 3.63) is 77.4 Å². The summed E-state index contributed by atoms with van der Waals surface area (Å²) in [5.41, 5.74) is 2.71. The minimum absolute atomic E-state index is 0.163.